The quantitative estimate of drug-likeness (QED) is 0.639. The Labute approximate surface area is 177 Å². The molecular weight excluding hydrogens is 397 g/mol. The second-order valence-corrected chi connectivity index (χ2v) is 7.04. The van der Waals surface area contributed by atoms with E-state index in [1.165, 1.54) is 0 Å². The van der Waals surface area contributed by atoms with Crippen LogP contribution in [0.4, 0.5) is 0 Å². The number of carbonyl (C=O) groups is 1. The minimum atomic E-state index is -0.688. The van der Waals surface area contributed by atoms with Crippen molar-refractivity contribution in [2.75, 3.05) is 39.3 Å². The van der Waals surface area contributed by atoms with Gasteiger partial charge >= 0.3 is 0 Å². The van der Waals surface area contributed by atoms with Gasteiger partial charge in [-0.1, -0.05) is 41.9 Å². The van der Waals surface area contributed by atoms with Gasteiger partial charge < -0.3 is 20.3 Å². The molecule has 28 heavy (non-hydrogen) atoms. The molecule has 2 aromatic rings. The van der Waals surface area contributed by atoms with Gasteiger partial charge in [-0.15, -0.1) is 12.4 Å². The molecule has 1 heterocycles. The first-order chi connectivity index (χ1) is 13.2. The smallest absolute Gasteiger partial charge is 0.265 e. The van der Waals surface area contributed by atoms with E-state index in [1.807, 2.05) is 30.3 Å². The molecule has 1 fully saturated rings. The summed E-state index contributed by atoms with van der Waals surface area (Å²) in [4.78, 5) is 15.2. The Morgan fingerprint density at radius 2 is 1.79 bits per heavy atom. The summed E-state index contributed by atoms with van der Waals surface area (Å²) < 4.78 is 5.97. The summed E-state index contributed by atoms with van der Waals surface area (Å²) in [6.45, 7) is 5.85. The Hall–Kier alpha value is -1.79. The molecule has 0 aliphatic carbocycles. The van der Waals surface area contributed by atoms with Crippen LogP contribution < -0.4 is 15.4 Å². The molecule has 0 spiro atoms. The molecular formula is C21H27Cl2N3O2. The zero-order chi connectivity index (χ0) is 18.9. The molecule has 1 saturated heterocycles. The van der Waals surface area contributed by atoms with Crippen LogP contribution in [0.15, 0.2) is 54.6 Å². The fourth-order valence-electron chi connectivity index (χ4n) is 3.09. The lowest BCUT2D eigenvalue weighted by Gasteiger charge is -2.27. The third-order valence-corrected chi connectivity index (χ3v) is 4.82. The van der Waals surface area contributed by atoms with Gasteiger partial charge in [0.1, 0.15) is 5.75 Å². The summed E-state index contributed by atoms with van der Waals surface area (Å²) in [5.74, 6) is 0.487. The largest absolute Gasteiger partial charge is 0.476 e. The maximum absolute atomic E-state index is 12.8. The van der Waals surface area contributed by atoms with E-state index in [-0.39, 0.29) is 18.3 Å². The Morgan fingerprint density at radius 3 is 2.46 bits per heavy atom. The fourth-order valence-corrected chi connectivity index (χ4v) is 3.22. The molecule has 1 aliphatic rings. The molecule has 152 valence electrons. The van der Waals surface area contributed by atoms with Crippen molar-refractivity contribution in [1.29, 1.82) is 0 Å². The third kappa shape index (κ3) is 6.99. The molecule has 5 nitrogen and oxygen atoms in total. The van der Waals surface area contributed by atoms with Crippen LogP contribution >= 0.6 is 24.0 Å². The van der Waals surface area contributed by atoms with Gasteiger partial charge in [-0.3, -0.25) is 4.79 Å². The molecule has 1 unspecified atom stereocenters. The number of ether oxygens (including phenoxy) is 1. The second kappa shape index (κ2) is 11.9. The molecule has 3 rings (SSSR count). The van der Waals surface area contributed by atoms with Crippen molar-refractivity contribution in [2.24, 2.45) is 0 Å². The lowest BCUT2D eigenvalue weighted by molar-refractivity contribution is -0.128. The van der Waals surface area contributed by atoms with Crippen LogP contribution in [0.3, 0.4) is 0 Å². The van der Waals surface area contributed by atoms with Crippen molar-refractivity contribution < 1.29 is 9.53 Å². The van der Waals surface area contributed by atoms with Gasteiger partial charge in [0.15, 0.2) is 0 Å². The molecule has 2 N–H and O–H groups in total. The number of piperazine rings is 1. The lowest BCUT2D eigenvalue weighted by atomic mass is 10.1. The van der Waals surface area contributed by atoms with E-state index in [9.17, 15) is 4.79 Å². The number of nitrogens with zero attached hydrogens (tertiary/aromatic N) is 1. The minimum absolute atomic E-state index is 0. The van der Waals surface area contributed by atoms with Crippen molar-refractivity contribution in [1.82, 2.24) is 15.5 Å². The van der Waals surface area contributed by atoms with Gasteiger partial charge in [-0.2, -0.15) is 0 Å². The Balaban J connectivity index is 0.00000280. The SMILES string of the molecule is Cl.O=C(NCCCN1CCNCC1)C(Oc1ccc(Cl)cc1)c1ccccc1. The summed E-state index contributed by atoms with van der Waals surface area (Å²) in [5.41, 5.74) is 0.826. The second-order valence-electron chi connectivity index (χ2n) is 6.60. The van der Waals surface area contributed by atoms with Gasteiger partial charge in [0, 0.05) is 43.3 Å². The Kier molecular flexibility index (Phi) is 9.58. The summed E-state index contributed by atoms with van der Waals surface area (Å²) in [6, 6.07) is 16.6. The maximum Gasteiger partial charge on any atom is 0.265 e. The number of halogens is 2. The number of benzene rings is 2. The molecule has 1 aliphatic heterocycles. The van der Waals surface area contributed by atoms with E-state index in [2.05, 4.69) is 15.5 Å². The van der Waals surface area contributed by atoms with Gasteiger partial charge in [0.25, 0.3) is 5.91 Å². The zero-order valence-corrected chi connectivity index (χ0v) is 17.3. The van der Waals surface area contributed by atoms with Crippen LogP contribution in [-0.2, 0) is 4.79 Å². The monoisotopic (exact) mass is 423 g/mol. The van der Waals surface area contributed by atoms with Gasteiger partial charge in [-0.05, 0) is 37.2 Å². The van der Waals surface area contributed by atoms with Crippen LogP contribution in [-0.4, -0.2) is 50.1 Å². The van der Waals surface area contributed by atoms with E-state index < -0.39 is 6.10 Å². The van der Waals surface area contributed by atoms with Crippen molar-refractivity contribution in [3.8, 4) is 5.75 Å². The molecule has 0 aromatic heterocycles. The molecule has 7 heteroatoms. The Bertz CT molecular complexity index is 707. The van der Waals surface area contributed by atoms with Crippen LogP contribution in [0, 0.1) is 0 Å². The summed E-state index contributed by atoms with van der Waals surface area (Å²) >= 11 is 5.93. The molecule has 0 bridgehead atoms. The van der Waals surface area contributed by atoms with Crippen LogP contribution in [0.25, 0.3) is 0 Å². The van der Waals surface area contributed by atoms with E-state index in [0.29, 0.717) is 17.3 Å². The summed E-state index contributed by atoms with van der Waals surface area (Å²) in [5, 5.41) is 7.00. The highest BCUT2D eigenvalue weighted by molar-refractivity contribution is 6.30. The van der Waals surface area contributed by atoms with Crippen LogP contribution in [0.2, 0.25) is 5.02 Å². The van der Waals surface area contributed by atoms with E-state index in [0.717, 1.165) is 44.7 Å². The third-order valence-electron chi connectivity index (χ3n) is 4.57. The predicted octanol–water partition coefficient (Wildman–Crippen LogP) is 3.29. The average molecular weight is 424 g/mol. The van der Waals surface area contributed by atoms with Gasteiger partial charge in [0.2, 0.25) is 6.10 Å². The molecule has 0 saturated carbocycles. The highest BCUT2D eigenvalue weighted by Crippen LogP contribution is 2.23. The molecule has 2 aromatic carbocycles. The van der Waals surface area contributed by atoms with E-state index in [1.54, 1.807) is 24.3 Å². The number of amides is 1. The molecule has 1 atom stereocenters. The number of hydrogen-bond acceptors (Lipinski definition) is 4. The highest BCUT2D eigenvalue weighted by Gasteiger charge is 2.22. The van der Waals surface area contributed by atoms with Crippen LogP contribution in [0.1, 0.15) is 18.1 Å². The lowest BCUT2D eigenvalue weighted by Crippen LogP contribution is -2.44. The normalized spacial score (nSPS) is 15.3. The van der Waals surface area contributed by atoms with Crippen LogP contribution in [0.5, 0.6) is 5.75 Å². The molecule has 0 radical (unpaired) electrons. The number of nitrogens with one attached hydrogen (secondary N) is 2. The first kappa shape index (κ1) is 22.5. The van der Waals surface area contributed by atoms with Crippen molar-refractivity contribution in [2.45, 2.75) is 12.5 Å². The maximum atomic E-state index is 12.8. The standard InChI is InChI=1S/C21H26ClN3O2.ClH/c22-18-7-9-19(10-8-18)27-20(17-5-2-1-3-6-17)21(26)24-11-4-14-25-15-12-23-13-16-25;/h1-3,5-10,20,23H,4,11-16H2,(H,24,26);1H. The predicted molar refractivity (Wildman–Crippen MR) is 115 cm³/mol. The average Bonchev–Trinajstić information content (AvgIpc) is 2.72. The van der Waals surface area contributed by atoms with Crippen molar-refractivity contribution in [3.05, 3.63) is 65.2 Å². The Morgan fingerprint density at radius 1 is 1.11 bits per heavy atom. The number of hydrogen-bond donors (Lipinski definition) is 2. The van der Waals surface area contributed by atoms with E-state index >= 15 is 0 Å². The number of rotatable bonds is 8. The summed E-state index contributed by atoms with van der Waals surface area (Å²) in [7, 11) is 0. The number of carbonyl (C=O) groups excluding carboxylic acids is 1. The van der Waals surface area contributed by atoms with Gasteiger partial charge in [-0.25, -0.2) is 0 Å². The first-order valence-electron chi connectivity index (χ1n) is 9.40. The zero-order valence-electron chi connectivity index (χ0n) is 15.8. The van der Waals surface area contributed by atoms with E-state index in [4.69, 9.17) is 16.3 Å². The fraction of sp³-hybridized carbons (Fsp3) is 0.381. The highest BCUT2D eigenvalue weighted by atomic mass is 35.5. The molecule has 1 amide bonds. The summed E-state index contributed by atoms with van der Waals surface area (Å²) in [6.07, 6.45) is 0.236. The first-order valence-corrected chi connectivity index (χ1v) is 9.78. The van der Waals surface area contributed by atoms with Crippen molar-refractivity contribution >= 4 is 29.9 Å². The topological polar surface area (TPSA) is 53.6 Å². The minimum Gasteiger partial charge on any atom is -0.476 e. The van der Waals surface area contributed by atoms with Crippen molar-refractivity contribution in [3.63, 3.8) is 0 Å². The van der Waals surface area contributed by atoms with Gasteiger partial charge in [0.05, 0.1) is 0 Å².